The average molecular weight is 382 g/mol. The van der Waals surface area contributed by atoms with Crippen LogP contribution in [0.3, 0.4) is 0 Å². The summed E-state index contributed by atoms with van der Waals surface area (Å²) in [7, 11) is 0. The molecule has 0 amide bonds. The molecule has 7 nitrogen and oxygen atoms in total. The molecular formula is C19H14N2O5S. The third-order valence-corrected chi connectivity index (χ3v) is 4.47. The number of rotatable bonds is 7. The van der Waals surface area contributed by atoms with E-state index in [0.717, 1.165) is 4.88 Å². The van der Waals surface area contributed by atoms with E-state index in [-0.39, 0.29) is 24.9 Å². The first-order chi connectivity index (χ1) is 13.3. The fourth-order valence-electron chi connectivity index (χ4n) is 2.32. The number of benzene rings is 1. The summed E-state index contributed by atoms with van der Waals surface area (Å²) in [6.45, 7) is 0.0465. The third-order valence-electron chi connectivity index (χ3n) is 3.61. The van der Waals surface area contributed by atoms with E-state index < -0.39 is 5.97 Å². The van der Waals surface area contributed by atoms with E-state index in [0.29, 0.717) is 17.1 Å². The van der Waals surface area contributed by atoms with Gasteiger partial charge in [0.2, 0.25) is 11.6 Å². The Kier molecular flexibility index (Phi) is 4.97. The summed E-state index contributed by atoms with van der Waals surface area (Å²) in [6.07, 6.45) is 1.42. The van der Waals surface area contributed by atoms with Gasteiger partial charge in [-0.25, -0.2) is 4.79 Å². The van der Waals surface area contributed by atoms with Crippen LogP contribution in [0, 0.1) is 0 Å². The molecule has 4 rings (SSSR count). The van der Waals surface area contributed by atoms with Crippen molar-refractivity contribution in [1.29, 1.82) is 0 Å². The first-order valence-corrected chi connectivity index (χ1v) is 8.95. The van der Waals surface area contributed by atoms with Gasteiger partial charge in [0.05, 0.1) is 11.1 Å². The molecule has 0 spiro atoms. The van der Waals surface area contributed by atoms with Crippen LogP contribution in [0.25, 0.3) is 10.7 Å². The van der Waals surface area contributed by atoms with Gasteiger partial charge in [-0.3, -0.25) is 0 Å². The molecule has 0 atom stereocenters. The molecule has 0 radical (unpaired) electrons. The molecule has 0 fully saturated rings. The van der Waals surface area contributed by atoms with Crippen LogP contribution in [0.1, 0.15) is 22.0 Å². The molecule has 0 unspecified atom stereocenters. The number of esters is 1. The summed E-state index contributed by atoms with van der Waals surface area (Å²) in [5.41, 5.74) is 0.591. The van der Waals surface area contributed by atoms with Gasteiger partial charge in [0, 0.05) is 5.56 Å². The summed E-state index contributed by atoms with van der Waals surface area (Å²) in [4.78, 5) is 17.4. The van der Waals surface area contributed by atoms with Gasteiger partial charge in [0.25, 0.3) is 5.89 Å². The summed E-state index contributed by atoms with van der Waals surface area (Å²) in [5.74, 6) is 0.836. The van der Waals surface area contributed by atoms with E-state index in [2.05, 4.69) is 10.1 Å². The lowest BCUT2D eigenvalue weighted by atomic mass is 10.2. The molecule has 4 aromatic rings. The smallest absolute Gasteiger partial charge is 0.375 e. The highest BCUT2D eigenvalue weighted by Crippen LogP contribution is 2.22. The van der Waals surface area contributed by atoms with Crippen LogP contribution in [0.2, 0.25) is 0 Å². The summed E-state index contributed by atoms with van der Waals surface area (Å²) in [5, 5.41) is 5.79. The zero-order valence-electron chi connectivity index (χ0n) is 14.0. The van der Waals surface area contributed by atoms with Crippen molar-refractivity contribution in [3.8, 4) is 16.5 Å². The highest BCUT2D eigenvalue weighted by Gasteiger charge is 2.19. The van der Waals surface area contributed by atoms with Gasteiger partial charge in [-0.1, -0.05) is 29.4 Å². The fraction of sp³-hybridized carbons (Fsp3) is 0.105. The van der Waals surface area contributed by atoms with Crippen molar-refractivity contribution in [2.24, 2.45) is 0 Å². The monoisotopic (exact) mass is 382 g/mol. The van der Waals surface area contributed by atoms with Crippen molar-refractivity contribution in [2.45, 2.75) is 13.2 Å². The number of carbonyl (C=O) groups excluding carboxylic acids is 1. The van der Waals surface area contributed by atoms with Crippen molar-refractivity contribution >= 4 is 17.3 Å². The number of ether oxygens (including phenoxy) is 2. The van der Waals surface area contributed by atoms with Crippen molar-refractivity contribution in [2.75, 3.05) is 0 Å². The summed E-state index contributed by atoms with van der Waals surface area (Å²) in [6, 6.07) is 14.7. The Balaban J connectivity index is 1.36. The minimum Gasteiger partial charge on any atom is -0.489 e. The standard InChI is InChI=1S/C19H14N2O5S/c22-19(25-12-16-20-18(21-26-16)15-7-4-10-27-15)17-13(8-9-23-17)11-24-14-5-2-1-3-6-14/h1-10H,11-12H2. The highest BCUT2D eigenvalue weighted by molar-refractivity contribution is 7.13. The number of carbonyl (C=O) groups is 1. The van der Waals surface area contributed by atoms with Gasteiger partial charge in [-0.05, 0) is 29.6 Å². The Morgan fingerprint density at radius 3 is 2.78 bits per heavy atom. The number of aromatic nitrogens is 2. The average Bonchev–Trinajstić information content (AvgIpc) is 3.46. The van der Waals surface area contributed by atoms with E-state index >= 15 is 0 Å². The van der Waals surface area contributed by atoms with Gasteiger partial charge in [0.15, 0.2) is 6.61 Å². The van der Waals surface area contributed by atoms with E-state index in [1.807, 2.05) is 47.8 Å². The maximum absolute atomic E-state index is 12.3. The first-order valence-electron chi connectivity index (χ1n) is 8.07. The summed E-state index contributed by atoms with van der Waals surface area (Å²) < 4.78 is 21.2. The fourth-order valence-corrected chi connectivity index (χ4v) is 2.97. The van der Waals surface area contributed by atoms with Crippen molar-refractivity contribution in [3.05, 3.63) is 77.4 Å². The molecule has 1 aromatic carbocycles. The molecule has 0 saturated carbocycles. The predicted molar refractivity (Wildman–Crippen MR) is 96.2 cm³/mol. The van der Waals surface area contributed by atoms with Gasteiger partial charge < -0.3 is 18.4 Å². The molecule has 27 heavy (non-hydrogen) atoms. The van der Waals surface area contributed by atoms with Gasteiger partial charge in [0.1, 0.15) is 12.4 Å². The molecule has 0 bridgehead atoms. The van der Waals surface area contributed by atoms with Crippen LogP contribution in [-0.4, -0.2) is 16.1 Å². The molecule has 0 saturated heterocycles. The molecule has 0 N–H and O–H groups in total. The van der Waals surface area contributed by atoms with E-state index in [1.54, 1.807) is 6.07 Å². The normalized spacial score (nSPS) is 10.7. The number of para-hydroxylation sites is 1. The first kappa shape index (κ1) is 17.0. The van der Waals surface area contributed by atoms with Crippen LogP contribution < -0.4 is 4.74 Å². The molecule has 0 aliphatic rings. The molecule has 8 heteroatoms. The Morgan fingerprint density at radius 1 is 1.07 bits per heavy atom. The number of furan rings is 1. The molecule has 3 heterocycles. The number of hydrogen-bond acceptors (Lipinski definition) is 8. The van der Waals surface area contributed by atoms with Crippen molar-refractivity contribution < 1.29 is 23.2 Å². The minimum atomic E-state index is -0.623. The molecule has 136 valence electrons. The van der Waals surface area contributed by atoms with Gasteiger partial charge in [-0.15, -0.1) is 11.3 Å². The zero-order valence-corrected chi connectivity index (χ0v) is 14.8. The highest BCUT2D eigenvalue weighted by atomic mass is 32.1. The van der Waals surface area contributed by atoms with E-state index in [1.165, 1.54) is 17.6 Å². The number of hydrogen-bond donors (Lipinski definition) is 0. The molecule has 3 aromatic heterocycles. The van der Waals surface area contributed by atoms with Crippen molar-refractivity contribution in [3.63, 3.8) is 0 Å². The maximum atomic E-state index is 12.3. The Hall–Kier alpha value is -3.39. The van der Waals surface area contributed by atoms with E-state index in [4.69, 9.17) is 18.4 Å². The SMILES string of the molecule is O=C(OCc1nc(-c2cccs2)no1)c1occc1COc1ccccc1. The third kappa shape index (κ3) is 4.06. The molecule has 0 aliphatic heterocycles. The summed E-state index contributed by atoms with van der Waals surface area (Å²) >= 11 is 1.50. The van der Waals surface area contributed by atoms with Crippen LogP contribution >= 0.6 is 11.3 Å². The number of nitrogens with zero attached hydrogens (tertiary/aromatic N) is 2. The van der Waals surface area contributed by atoms with Crippen molar-refractivity contribution in [1.82, 2.24) is 10.1 Å². The number of thiophene rings is 1. The van der Waals surface area contributed by atoms with E-state index in [9.17, 15) is 4.79 Å². The van der Waals surface area contributed by atoms with Crippen LogP contribution in [0.5, 0.6) is 5.75 Å². The lowest BCUT2D eigenvalue weighted by Crippen LogP contribution is -2.08. The Morgan fingerprint density at radius 2 is 1.96 bits per heavy atom. The topological polar surface area (TPSA) is 87.6 Å². The quantitative estimate of drug-likeness (QED) is 0.440. The van der Waals surface area contributed by atoms with Crippen LogP contribution in [-0.2, 0) is 18.0 Å². The maximum Gasteiger partial charge on any atom is 0.375 e. The predicted octanol–water partition coefficient (Wildman–Crippen LogP) is 4.33. The second-order valence-corrected chi connectivity index (χ2v) is 6.39. The second kappa shape index (κ2) is 7.88. The van der Waals surface area contributed by atoms with Crippen LogP contribution in [0.15, 0.2) is 69.1 Å². The zero-order chi connectivity index (χ0) is 18.5. The lowest BCUT2D eigenvalue weighted by Gasteiger charge is -2.06. The molecule has 0 aliphatic carbocycles. The lowest BCUT2D eigenvalue weighted by molar-refractivity contribution is 0.0390. The van der Waals surface area contributed by atoms with Gasteiger partial charge >= 0.3 is 5.97 Å². The second-order valence-electron chi connectivity index (χ2n) is 5.44. The van der Waals surface area contributed by atoms with Gasteiger partial charge in [-0.2, -0.15) is 4.98 Å². The minimum absolute atomic E-state index is 0.0870. The molecular weight excluding hydrogens is 368 g/mol. The Bertz CT molecular complexity index is 1010. The largest absolute Gasteiger partial charge is 0.489 e. The Labute approximate surface area is 158 Å². The van der Waals surface area contributed by atoms with Crippen LogP contribution in [0.4, 0.5) is 0 Å².